The molecule has 0 bridgehead atoms. The Balaban J connectivity index is 1.69. The third-order valence-corrected chi connectivity index (χ3v) is 6.17. The van der Waals surface area contributed by atoms with Crippen LogP contribution in [0.4, 0.5) is 11.8 Å². The van der Waals surface area contributed by atoms with Gasteiger partial charge >= 0.3 is 5.97 Å². The smallest absolute Gasteiger partial charge is 0.339 e. The molecule has 5 rings (SSSR count). The zero-order chi connectivity index (χ0) is 20.8. The summed E-state index contributed by atoms with van der Waals surface area (Å²) in [5.74, 6) is 0.339. The van der Waals surface area contributed by atoms with E-state index in [1.165, 1.54) is 12.1 Å². The Hall–Kier alpha value is -3.29. The van der Waals surface area contributed by atoms with Crippen LogP contribution in [0.2, 0.25) is 0 Å². The van der Waals surface area contributed by atoms with E-state index in [4.69, 9.17) is 9.97 Å². The second-order valence-electron chi connectivity index (χ2n) is 8.10. The van der Waals surface area contributed by atoms with Gasteiger partial charge in [0.05, 0.1) is 11.1 Å². The Morgan fingerprint density at radius 2 is 1.63 bits per heavy atom. The zero-order valence-corrected chi connectivity index (χ0v) is 17.0. The van der Waals surface area contributed by atoms with Gasteiger partial charge in [0.2, 0.25) is 5.95 Å². The molecule has 8 nitrogen and oxygen atoms in total. The zero-order valence-electron chi connectivity index (χ0n) is 17.0. The topological polar surface area (TPSA) is 94.7 Å². The van der Waals surface area contributed by atoms with E-state index in [1.54, 1.807) is 6.07 Å². The van der Waals surface area contributed by atoms with Gasteiger partial charge in [0.1, 0.15) is 22.8 Å². The van der Waals surface area contributed by atoms with Crippen LogP contribution in [0.25, 0.3) is 22.3 Å². The minimum absolute atomic E-state index is 0.110. The number of fused-ring (bicyclic) bond motifs is 1. The summed E-state index contributed by atoms with van der Waals surface area (Å²) >= 11 is 0. The highest BCUT2D eigenvalue weighted by Gasteiger charge is 2.25. The normalized spacial score (nSPS) is 16.7. The number of aromatic carboxylic acids is 1. The highest BCUT2D eigenvalue weighted by atomic mass is 16.4. The summed E-state index contributed by atoms with van der Waals surface area (Å²) in [7, 11) is 1.94. The lowest BCUT2D eigenvalue weighted by Crippen LogP contribution is -2.24. The lowest BCUT2D eigenvalue weighted by atomic mass is 10.1. The second kappa shape index (κ2) is 7.19. The Bertz CT molecular complexity index is 1130. The third kappa shape index (κ3) is 3.03. The molecule has 8 heteroatoms. The van der Waals surface area contributed by atoms with E-state index in [2.05, 4.69) is 9.80 Å². The highest BCUT2D eigenvalue weighted by Crippen LogP contribution is 2.36. The first-order valence-corrected chi connectivity index (χ1v) is 10.5. The van der Waals surface area contributed by atoms with Crippen molar-refractivity contribution < 1.29 is 15.0 Å². The molecule has 3 aromatic rings. The summed E-state index contributed by atoms with van der Waals surface area (Å²) in [6, 6.07) is 6.71. The van der Waals surface area contributed by atoms with Crippen molar-refractivity contribution in [2.45, 2.75) is 25.7 Å². The molecule has 0 unspecified atom stereocenters. The number of hydrogen-bond acceptors (Lipinski definition) is 6. The Morgan fingerprint density at radius 1 is 0.967 bits per heavy atom. The van der Waals surface area contributed by atoms with E-state index in [-0.39, 0.29) is 11.3 Å². The van der Waals surface area contributed by atoms with Crippen molar-refractivity contribution >= 4 is 28.8 Å². The minimum Gasteiger partial charge on any atom is -0.507 e. The summed E-state index contributed by atoms with van der Waals surface area (Å²) in [6.07, 6.45) is 4.63. The molecule has 2 N–H and O–H groups in total. The Kier molecular flexibility index (Phi) is 4.49. The van der Waals surface area contributed by atoms with Gasteiger partial charge in [-0.3, -0.25) is 0 Å². The summed E-state index contributed by atoms with van der Waals surface area (Å²) in [6.45, 7) is 3.92. The lowest BCUT2D eigenvalue weighted by Gasteiger charge is -2.21. The first kappa shape index (κ1) is 18.7. The molecule has 0 spiro atoms. The molecule has 0 atom stereocenters. The number of nitrogens with zero attached hydrogens (tertiary/aromatic N) is 5. The number of phenols is 1. The molecular weight excluding hydrogens is 382 g/mol. The molecule has 0 radical (unpaired) electrons. The molecule has 2 aliphatic rings. The molecule has 0 saturated carbocycles. The van der Waals surface area contributed by atoms with Crippen LogP contribution in [0.15, 0.2) is 24.3 Å². The molecule has 4 heterocycles. The van der Waals surface area contributed by atoms with Gasteiger partial charge in [0, 0.05) is 33.2 Å². The van der Waals surface area contributed by atoms with Crippen molar-refractivity contribution in [1.82, 2.24) is 14.5 Å². The van der Waals surface area contributed by atoms with E-state index in [1.807, 2.05) is 17.7 Å². The quantitative estimate of drug-likeness (QED) is 0.686. The SMILES string of the molecule is Cn1c(-c2ccc(O)c(C(=O)O)c2)cc2c(N3CCCC3)nc(N3CCCC3)nc21. The number of aromatic nitrogens is 3. The number of aryl methyl sites for hydroxylation is 1. The van der Waals surface area contributed by atoms with Crippen LogP contribution in [0.3, 0.4) is 0 Å². The highest BCUT2D eigenvalue weighted by molar-refractivity contribution is 5.96. The van der Waals surface area contributed by atoms with Crippen LogP contribution in [0, 0.1) is 0 Å². The van der Waals surface area contributed by atoms with Gasteiger partial charge in [0.25, 0.3) is 0 Å². The van der Waals surface area contributed by atoms with Gasteiger partial charge in [-0.25, -0.2) is 4.79 Å². The largest absolute Gasteiger partial charge is 0.507 e. The second-order valence-corrected chi connectivity index (χ2v) is 8.10. The Morgan fingerprint density at radius 3 is 2.30 bits per heavy atom. The van der Waals surface area contributed by atoms with Gasteiger partial charge < -0.3 is 24.6 Å². The van der Waals surface area contributed by atoms with E-state index < -0.39 is 5.97 Å². The number of carboxylic acids is 1. The maximum absolute atomic E-state index is 11.5. The van der Waals surface area contributed by atoms with Crippen molar-refractivity contribution in [3.8, 4) is 17.0 Å². The predicted octanol–water partition coefficient (Wildman–Crippen LogP) is 3.24. The predicted molar refractivity (Wildman–Crippen MR) is 115 cm³/mol. The molecule has 156 valence electrons. The monoisotopic (exact) mass is 407 g/mol. The van der Waals surface area contributed by atoms with Crippen LogP contribution < -0.4 is 9.80 Å². The van der Waals surface area contributed by atoms with Gasteiger partial charge in [0.15, 0.2) is 0 Å². The molecule has 2 fully saturated rings. The molecular formula is C22H25N5O3. The number of benzene rings is 1. The van der Waals surface area contributed by atoms with Crippen LogP contribution >= 0.6 is 0 Å². The molecule has 0 amide bonds. The van der Waals surface area contributed by atoms with Gasteiger partial charge in [-0.15, -0.1) is 0 Å². The number of aromatic hydroxyl groups is 1. The maximum atomic E-state index is 11.5. The molecule has 0 aliphatic carbocycles. The summed E-state index contributed by atoms with van der Waals surface area (Å²) in [5, 5.41) is 20.2. The molecule has 2 aliphatic heterocycles. The fourth-order valence-corrected chi connectivity index (χ4v) is 4.54. The van der Waals surface area contributed by atoms with Gasteiger partial charge in [-0.1, -0.05) is 0 Å². The van der Waals surface area contributed by atoms with E-state index >= 15 is 0 Å². The fraction of sp³-hybridized carbons (Fsp3) is 0.409. The average Bonchev–Trinajstić information content (AvgIpc) is 3.50. The van der Waals surface area contributed by atoms with E-state index in [0.29, 0.717) is 0 Å². The van der Waals surface area contributed by atoms with Crippen LogP contribution in [0.1, 0.15) is 36.0 Å². The first-order chi connectivity index (χ1) is 14.5. The maximum Gasteiger partial charge on any atom is 0.339 e. The summed E-state index contributed by atoms with van der Waals surface area (Å²) in [4.78, 5) is 25.9. The lowest BCUT2D eigenvalue weighted by molar-refractivity contribution is 0.0694. The fourth-order valence-electron chi connectivity index (χ4n) is 4.54. The Labute approximate surface area is 174 Å². The van der Waals surface area contributed by atoms with Gasteiger partial charge in [-0.05, 0) is 55.5 Å². The van der Waals surface area contributed by atoms with E-state index in [0.717, 1.165) is 85.9 Å². The number of carboxylic acid groups (broad SMARTS) is 1. The number of hydrogen-bond donors (Lipinski definition) is 2. The average molecular weight is 407 g/mol. The van der Waals surface area contributed by atoms with Crippen molar-refractivity contribution in [2.24, 2.45) is 7.05 Å². The van der Waals surface area contributed by atoms with Crippen molar-refractivity contribution in [3.05, 3.63) is 29.8 Å². The van der Waals surface area contributed by atoms with E-state index in [9.17, 15) is 15.0 Å². The van der Waals surface area contributed by atoms with Crippen LogP contribution in [0.5, 0.6) is 5.75 Å². The summed E-state index contributed by atoms with van der Waals surface area (Å²) in [5.41, 5.74) is 2.30. The number of anilines is 2. The molecule has 1 aromatic carbocycles. The molecule has 30 heavy (non-hydrogen) atoms. The van der Waals surface area contributed by atoms with Crippen molar-refractivity contribution in [3.63, 3.8) is 0 Å². The standard InChI is InChI=1S/C22H25N5O3/c1-25-17(14-6-7-18(28)15(12-14)21(29)30)13-16-19(25)23-22(27-10-4-5-11-27)24-20(16)26-8-2-3-9-26/h6-7,12-13,28H,2-5,8-11H2,1H3,(H,29,30). The van der Waals surface area contributed by atoms with Crippen molar-refractivity contribution in [2.75, 3.05) is 36.0 Å². The minimum atomic E-state index is -1.15. The van der Waals surface area contributed by atoms with Crippen LogP contribution in [-0.4, -0.2) is 56.9 Å². The third-order valence-electron chi connectivity index (χ3n) is 6.17. The molecule has 2 saturated heterocycles. The number of rotatable bonds is 4. The van der Waals surface area contributed by atoms with Gasteiger partial charge in [-0.2, -0.15) is 9.97 Å². The number of carbonyl (C=O) groups is 1. The summed E-state index contributed by atoms with van der Waals surface area (Å²) < 4.78 is 1.99. The molecule has 2 aromatic heterocycles. The van der Waals surface area contributed by atoms with Crippen molar-refractivity contribution in [1.29, 1.82) is 0 Å². The first-order valence-electron chi connectivity index (χ1n) is 10.5. The van der Waals surface area contributed by atoms with Crippen LogP contribution in [-0.2, 0) is 7.05 Å².